The number of amides is 3. The Balaban J connectivity index is 2.01. The molecule has 0 aromatic carbocycles. The molecular formula is C14H14N4O2. The van der Waals surface area contributed by atoms with E-state index in [0.29, 0.717) is 0 Å². The van der Waals surface area contributed by atoms with Gasteiger partial charge >= 0.3 is 6.03 Å². The highest BCUT2D eigenvalue weighted by Gasteiger charge is 2.35. The Labute approximate surface area is 115 Å². The molecule has 0 spiro atoms. The molecular weight excluding hydrogens is 256 g/mol. The molecule has 3 rings (SSSR count). The maximum atomic E-state index is 12.2. The lowest BCUT2D eigenvalue weighted by atomic mass is 10.2. The van der Waals surface area contributed by atoms with Crippen LogP contribution >= 0.6 is 0 Å². The molecule has 0 atom stereocenters. The van der Waals surface area contributed by atoms with Crippen molar-refractivity contribution in [2.24, 2.45) is 0 Å². The number of aromatic nitrogens is 2. The third-order valence-electron chi connectivity index (χ3n) is 3.24. The molecule has 1 fully saturated rings. The molecule has 2 aromatic heterocycles. The van der Waals surface area contributed by atoms with E-state index in [0.717, 1.165) is 16.5 Å². The van der Waals surface area contributed by atoms with Crippen LogP contribution in [0.2, 0.25) is 0 Å². The first-order chi connectivity index (χ1) is 9.58. The van der Waals surface area contributed by atoms with Gasteiger partial charge in [-0.2, -0.15) is 0 Å². The van der Waals surface area contributed by atoms with Gasteiger partial charge in [0.1, 0.15) is 5.70 Å². The highest BCUT2D eigenvalue weighted by molar-refractivity contribution is 6.14. The quantitative estimate of drug-likeness (QED) is 0.646. The summed E-state index contributed by atoms with van der Waals surface area (Å²) in [7, 11) is 0. The number of nitrogens with zero attached hydrogens (tertiary/aromatic N) is 2. The third-order valence-corrected chi connectivity index (χ3v) is 3.24. The van der Waals surface area contributed by atoms with Crippen LogP contribution in [0.5, 0.6) is 0 Å². The first-order valence-corrected chi connectivity index (χ1v) is 6.35. The number of carbonyl (C=O) groups is 2. The lowest BCUT2D eigenvalue weighted by molar-refractivity contribution is -0.123. The predicted molar refractivity (Wildman–Crippen MR) is 74.6 cm³/mol. The summed E-state index contributed by atoms with van der Waals surface area (Å²) in [6.07, 6.45) is 6.87. The second-order valence-electron chi connectivity index (χ2n) is 4.92. The van der Waals surface area contributed by atoms with E-state index in [1.54, 1.807) is 38.5 Å². The highest BCUT2D eigenvalue weighted by atomic mass is 16.2. The number of imide groups is 1. The first kappa shape index (κ1) is 12.4. The van der Waals surface area contributed by atoms with E-state index in [1.165, 1.54) is 4.90 Å². The Morgan fingerprint density at radius 2 is 2.15 bits per heavy atom. The second kappa shape index (κ2) is 4.48. The van der Waals surface area contributed by atoms with Crippen molar-refractivity contribution in [2.75, 3.05) is 0 Å². The molecule has 0 saturated carbocycles. The maximum absolute atomic E-state index is 12.2. The molecule has 2 N–H and O–H groups in total. The first-order valence-electron chi connectivity index (χ1n) is 6.35. The number of hydrogen-bond acceptors (Lipinski definition) is 3. The molecule has 0 radical (unpaired) electrons. The average molecular weight is 270 g/mol. The fourth-order valence-electron chi connectivity index (χ4n) is 2.28. The van der Waals surface area contributed by atoms with Gasteiger partial charge in [-0.15, -0.1) is 0 Å². The van der Waals surface area contributed by atoms with E-state index in [-0.39, 0.29) is 23.7 Å². The van der Waals surface area contributed by atoms with Gasteiger partial charge in [0.05, 0.1) is 0 Å². The molecule has 6 nitrogen and oxygen atoms in total. The van der Waals surface area contributed by atoms with Gasteiger partial charge in [-0.1, -0.05) is 0 Å². The molecule has 0 aliphatic carbocycles. The van der Waals surface area contributed by atoms with Crippen LogP contribution in [0.1, 0.15) is 19.4 Å². The summed E-state index contributed by atoms with van der Waals surface area (Å²) in [5, 5.41) is 3.51. The number of fused-ring (bicyclic) bond motifs is 1. The lowest BCUT2D eigenvalue weighted by Crippen LogP contribution is -2.36. The third kappa shape index (κ3) is 1.85. The normalized spacial score (nSPS) is 17.6. The van der Waals surface area contributed by atoms with Crippen LogP contribution in [0.25, 0.3) is 17.0 Å². The van der Waals surface area contributed by atoms with E-state index < -0.39 is 0 Å². The SMILES string of the molecule is CC(C)N1C(=O)N/C(=C\c2c[nH]c3ccncc23)C1=O. The van der Waals surface area contributed by atoms with Crippen LogP contribution < -0.4 is 5.32 Å². The number of nitrogens with one attached hydrogen (secondary N) is 2. The highest BCUT2D eigenvalue weighted by Crippen LogP contribution is 2.21. The van der Waals surface area contributed by atoms with Crippen molar-refractivity contribution >= 4 is 28.9 Å². The molecule has 0 bridgehead atoms. The lowest BCUT2D eigenvalue weighted by Gasteiger charge is -2.15. The molecule has 3 heterocycles. The van der Waals surface area contributed by atoms with Crippen molar-refractivity contribution in [1.29, 1.82) is 0 Å². The minimum atomic E-state index is -0.380. The van der Waals surface area contributed by atoms with Crippen molar-refractivity contribution in [3.8, 4) is 0 Å². The zero-order valence-corrected chi connectivity index (χ0v) is 11.2. The van der Waals surface area contributed by atoms with Crippen molar-refractivity contribution in [1.82, 2.24) is 20.2 Å². The molecule has 3 amide bonds. The summed E-state index contributed by atoms with van der Waals surface area (Å²) in [6, 6.07) is 1.31. The monoisotopic (exact) mass is 270 g/mol. The van der Waals surface area contributed by atoms with Gasteiger partial charge in [0.2, 0.25) is 0 Å². The topological polar surface area (TPSA) is 78.1 Å². The molecule has 1 aliphatic heterocycles. The number of H-pyrrole nitrogens is 1. The molecule has 2 aromatic rings. The van der Waals surface area contributed by atoms with Crippen molar-refractivity contribution in [2.45, 2.75) is 19.9 Å². The zero-order valence-electron chi connectivity index (χ0n) is 11.2. The second-order valence-corrected chi connectivity index (χ2v) is 4.92. The van der Waals surface area contributed by atoms with Crippen molar-refractivity contribution in [3.63, 3.8) is 0 Å². The van der Waals surface area contributed by atoms with E-state index in [9.17, 15) is 9.59 Å². The van der Waals surface area contributed by atoms with Gasteiger partial charge in [0.15, 0.2) is 0 Å². The molecule has 0 unspecified atom stereocenters. The molecule has 6 heteroatoms. The Morgan fingerprint density at radius 3 is 2.85 bits per heavy atom. The van der Waals surface area contributed by atoms with Crippen LogP contribution in [-0.4, -0.2) is 32.8 Å². The summed E-state index contributed by atoms with van der Waals surface area (Å²) < 4.78 is 0. The van der Waals surface area contributed by atoms with E-state index in [4.69, 9.17) is 0 Å². The molecule has 20 heavy (non-hydrogen) atoms. The summed E-state index contributed by atoms with van der Waals surface area (Å²) in [5.74, 6) is -0.303. The number of carbonyl (C=O) groups excluding carboxylic acids is 2. The van der Waals surface area contributed by atoms with E-state index in [1.807, 2.05) is 6.07 Å². The van der Waals surface area contributed by atoms with Gasteiger partial charge in [-0.05, 0) is 26.0 Å². The van der Waals surface area contributed by atoms with Crippen LogP contribution in [0.15, 0.2) is 30.4 Å². The number of urea groups is 1. The summed E-state index contributed by atoms with van der Waals surface area (Å²) in [4.78, 5) is 32.3. The number of rotatable bonds is 2. The Hall–Kier alpha value is -2.63. The van der Waals surface area contributed by atoms with Gasteiger partial charge in [-0.25, -0.2) is 4.79 Å². The Kier molecular flexibility index (Phi) is 2.78. The predicted octanol–water partition coefficient (Wildman–Crippen LogP) is 1.86. The van der Waals surface area contributed by atoms with E-state index >= 15 is 0 Å². The van der Waals surface area contributed by atoms with Crippen LogP contribution in [-0.2, 0) is 4.79 Å². The molecule has 102 valence electrons. The summed E-state index contributed by atoms with van der Waals surface area (Å²) >= 11 is 0. The Morgan fingerprint density at radius 1 is 1.35 bits per heavy atom. The number of pyridine rings is 1. The van der Waals surface area contributed by atoms with Gasteiger partial charge in [0, 0.05) is 41.1 Å². The zero-order chi connectivity index (χ0) is 14.3. The Bertz CT molecular complexity index is 730. The van der Waals surface area contributed by atoms with Gasteiger partial charge in [-0.3, -0.25) is 14.7 Å². The van der Waals surface area contributed by atoms with E-state index in [2.05, 4.69) is 15.3 Å². The largest absolute Gasteiger partial charge is 0.360 e. The average Bonchev–Trinajstić information content (AvgIpc) is 2.93. The summed E-state index contributed by atoms with van der Waals surface area (Å²) in [5.41, 5.74) is 2.04. The smallest absolute Gasteiger partial charge is 0.329 e. The summed E-state index contributed by atoms with van der Waals surface area (Å²) in [6.45, 7) is 3.60. The molecule has 1 saturated heterocycles. The molecule has 1 aliphatic rings. The minimum Gasteiger partial charge on any atom is -0.360 e. The van der Waals surface area contributed by atoms with Gasteiger partial charge < -0.3 is 10.3 Å². The standard InChI is InChI=1S/C14H14N4O2/c1-8(2)18-13(19)12(17-14(18)20)5-9-6-16-11-3-4-15-7-10(9)11/h3-8,16H,1-2H3,(H,17,20)/b12-5-. The number of hydrogen-bond donors (Lipinski definition) is 2. The minimum absolute atomic E-state index is 0.168. The fraction of sp³-hybridized carbons (Fsp3) is 0.214. The fourth-order valence-corrected chi connectivity index (χ4v) is 2.28. The maximum Gasteiger partial charge on any atom is 0.329 e. The van der Waals surface area contributed by atoms with Crippen molar-refractivity contribution < 1.29 is 9.59 Å². The number of aromatic amines is 1. The van der Waals surface area contributed by atoms with Crippen LogP contribution in [0, 0.1) is 0 Å². The van der Waals surface area contributed by atoms with Crippen molar-refractivity contribution in [3.05, 3.63) is 35.9 Å². The van der Waals surface area contributed by atoms with Gasteiger partial charge in [0.25, 0.3) is 5.91 Å². The van der Waals surface area contributed by atoms with Crippen LogP contribution in [0.4, 0.5) is 4.79 Å². The van der Waals surface area contributed by atoms with Crippen LogP contribution in [0.3, 0.4) is 0 Å².